The van der Waals surface area contributed by atoms with Gasteiger partial charge in [-0.2, -0.15) is 0 Å². The maximum Gasteiger partial charge on any atom is 0.277 e. The lowest BCUT2D eigenvalue weighted by Gasteiger charge is -2.13. The molecule has 14 heavy (non-hydrogen) atoms. The van der Waals surface area contributed by atoms with E-state index in [2.05, 4.69) is 22.6 Å². The standard InChI is InChI=1S/C9H9ClINO2/c1-12(14-2)9(13)6-3-4-8(11)7(10)5-6/h3-5H,1-2H3. The van der Waals surface area contributed by atoms with E-state index >= 15 is 0 Å². The molecule has 1 rings (SSSR count). The molecule has 0 fully saturated rings. The van der Waals surface area contributed by atoms with Gasteiger partial charge in [-0.25, -0.2) is 5.06 Å². The van der Waals surface area contributed by atoms with Crippen molar-refractivity contribution in [2.45, 2.75) is 0 Å². The Hall–Kier alpha value is -0.330. The second kappa shape index (κ2) is 4.95. The normalized spacial score (nSPS) is 10.0. The highest BCUT2D eigenvalue weighted by Gasteiger charge is 2.12. The van der Waals surface area contributed by atoms with Gasteiger partial charge < -0.3 is 0 Å². The molecular weight excluding hydrogens is 316 g/mol. The first-order valence-corrected chi connectivity index (χ1v) is 5.29. The molecule has 0 atom stereocenters. The van der Waals surface area contributed by atoms with Gasteiger partial charge >= 0.3 is 0 Å². The number of carbonyl (C=O) groups is 1. The van der Waals surface area contributed by atoms with Crippen LogP contribution in [0.2, 0.25) is 5.02 Å². The second-order valence-corrected chi connectivity index (χ2v) is 4.18. The van der Waals surface area contributed by atoms with Gasteiger partial charge in [0.15, 0.2) is 0 Å². The van der Waals surface area contributed by atoms with Crippen molar-refractivity contribution in [3.05, 3.63) is 32.4 Å². The molecular formula is C9H9ClINO2. The van der Waals surface area contributed by atoms with Gasteiger partial charge in [0.1, 0.15) is 0 Å². The molecule has 3 nitrogen and oxygen atoms in total. The minimum absolute atomic E-state index is 0.217. The van der Waals surface area contributed by atoms with E-state index in [0.29, 0.717) is 10.6 Å². The van der Waals surface area contributed by atoms with E-state index in [4.69, 9.17) is 16.4 Å². The smallest absolute Gasteiger partial charge is 0.274 e. The van der Waals surface area contributed by atoms with Crippen LogP contribution in [0.15, 0.2) is 18.2 Å². The average Bonchev–Trinajstić information content (AvgIpc) is 2.20. The number of nitrogens with zero attached hydrogens (tertiary/aromatic N) is 1. The Labute approximate surface area is 101 Å². The van der Waals surface area contributed by atoms with Crippen molar-refractivity contribution in [1.29, 1.82) is 0 Å². The molecule has 0 N–H and O–H groups in total. The second-order valence-electron chi connectivity index (χ2n) is 2.61. The average molecular weight is 326 g/mol. The molecule has 0 aliphatic carbocycles. The SMILES string of the molecule is CON(C)C(=O)c1ccc(I)c(Cl)c1. The van der Waals surface area contributed by atoms with Crippen molar-refractivity contribution in [2.24, 2.45) is 0 Å². The zero-order chi connectivity index (χ0) is 10.7. The van der Waals surface area contributed by atoms with Crippen molar-refractivity contribution in [2.75, 3.05) is 14.2 Å². The van der Waals surface area contributed by atoms with Crippen molar-refractivity contribution < 1.29 is 9.63 Å². The number of hydrogen-bond donors (Lipinski definition) is 0. The number of amides is 1. The fraction of sp³-hybridized carbons (Fsp3) is 0.222. The van der Waals surface area contributed by atoms with Crippen LogP contribution in [-0.4, -0.2) is 25.1 Å². The quantitative estimate of drug-likeness (QED) is 0.618. The summed E-state index contributed by atoms with van der Waals surface area (Å²) in [5, 5.41) is 1.72. The van der Waals surface area contributed by atoms with Crippen LogP contribution in [0.3, 0.4) is 0 Å². The number of hydrogen-bond acceptors (Lipinski definition) is 2. The molecule has 0 aliphatic rings. The number of benzene rings is 1. The molecule has 76 valence electrons. The monoisotopic (exact) mass is 325 g/mol. The minimum atomic E-state index is -0.217. The zero-order valence-corrected chi connectivity index (χ0v) is 10.7. The van der Waals surface area contributed by atoms with Crippen molar-refractivity contribution >= 4 is 40.1 Å². The molecule has 0 saturated carbocycles. The van der Waals surface area contributed by atoms with Gasteiger partial charge in [-0.05, 0) is 40.8 Å². The van der Waals surface area contributed by atoms with E-state index in [1.54, 1.807) is 25.2 Å². The third-order valence-corrected chi connectivity index (χ3v) is 3.30. The van der Waals surface area contributed by atoms with E-state index in [-0.39, 0.29) is 5.91 Å². The highest BCUT2D eigenvalue weighted by molar-refractivity contribution is 14.1. The molecule has 0 saturated heterocycles. The maximum absolute atomic E-state index is 11.6. The molecule has 0 aliphatic heterocycles. The third kappa shape index (κ3) is 2.59. The van der Waals surface area contributed by atoms with Gasteiger partial charge in [0.05, 0.1) is 12.1 Å². The lowest BCUT2D eigenvalue weighted by Crippen LogP contribution is -2.25. The summed E-state index contributed by atoms with van der Waals surface area (Å²) >= 11 is 7.99. The Kier molecular flexibility index (Phi) is 4.15. The third-order valence-electron chi connectivity index (χ3n) is 1.73. The van der Waals surface area contributed by atoms with Crippen LogP contribution in [-0.2, 0) is 4.84 Å². The van der Waals surface area contributed by atoms with Crippen LogP contribution in [0.1, 0.15) is 10.4 Å². The van der Waals surface area contributed by atoms with Crippen LogP contribution >= 0.6 is 34.2 Å². The first kappa shape index (κ1) is 11.7. The number of carbonyl (C=O) groups excluding carboxylic acids is 1. The van der Waals surface area contributed by atoms with Crippen molar-refractivity contribution in [3.8, 4) is 0 Å². The van der Waals surface area contributed by atoms with Crippen molar-refractivity contribution in [3.63, 3.8) is 0 Å². The molecule has 1 aromatic rings. The Morgan fingerprint density at radius 3 is 2.71 bits per heavy atom. The zero-order valence-electron chi connectivity index (χ0n) is 7.75. The van der Waals surface area contributed by atoms with Gasteiger partial charge in [-0.1, -0.05) is 11.6 Å². The van der Waals surface area contributed by atoms with E-state index < -0.39 is 0 Å². The van der Waals surface area contributed by atoms with Crippen LogP contribution in [0, 0.1) is 3.57 Å². The molecule has 1 amide bonds. The molecule has 1 aromatic carbocycles. The Bertz CT molecular complexity index is 357. The molecule has 0 bridgehead atoms. The summed E-state index contributed by atoms with van der Waals surface area (Å²) in [6.07, 6.45) is 0. The van der Waals surface area contributed by atoms with E-state index in [0.717, 1.165) is 8.63 Å². The van der Waals surface area contributed by atoms with Crippen molar-refractivity contribution in [1.82, 2.24) is 5.06 Å². The van der Waals surface area contributed by atoms with Crippen LogP contribution in [0.5, 0.6) is 0 Å². The van der Waals surface area contributed by atoms with Crippen LogP contribution in [0.25, 0.3) is 0 Å². The summed E-state index contributed by atoms with van der Waals surface area (Å²) in [6.45, 7) is 0. The Morgan fingerprint density at radius 1 is 1.57 bits per heavy atom. The predicted molar refractivity (Wildman–Crippen MR) is 63.3 cm³/mol. The highest BCUT2D eigenvalue weighted by Crippen LogP contribution is 2.20. The fourth-order valence-corrected chi connectivity index (χ4v) is 1.41. The lowest BCUT2D eigenvalue weighted by atomic mass is 10.2. The molecule has 0 spiro atoms. The van der Waals surface area contributed by atoms with Crippen LogP contribution < -0.4 is 0 Å². The van der Waals surface area contributed by atoms with Gasteiger partial charge in [-0.15, -0.1) is 0 Å². The predicted octanol–water partition coefficient (Wildman–Crippen LogP) is 2.58. The summed E-state index contributed by atoms with van der Waals surface area (Å²) in [5.41, 5.74) is 0.514. The highest BCUT2D eigenvalue weighted by atomic mass is 127. The first-order valence-electron chi connectivity index (χ1n) is 3.83. The summed E-state index contributed by atoms with van der Waals surface area (Å²) in [4.78, 5) is 16.4. The fourth-order valence-electron chi connectivity index (χ4n) is 0.894. The Balaban J connectivity index is 2.97. The number of hydroxylamine groups is 2. The van der Waals surface area contributed by atoms with Gasteiger partial charge in [0.25, 0.3) is 5.91 Å². The Morgan fingerprint density at radius 2 is 2.21 bits per heavy atom. The van der Waals surface area contributed by atoms with E-state index in [1.807, 2.05) is 0 Å². The van der Waals surface area contributed by atoms with E-state index in [1.165, 1.54) is 7.11 Å². The first-order chi connectivity index (χ1) is 6.56. The number of halogens is 2. The summed E-state index contributed by atoms with van der Waals surface area (Å²) in [5.74, 6) is -0.217. The molecule has 5 heteroatoms. The largest absolute Gasteiger partial charge is 0.277 e. The molecule has 0 aromatic heterocycles. The van der Waals surface area contributed by atoms with E-state index in [9.17, 15) is 4.79 Å². The summed E-state index contributed by atoms with van der Waals surface area (Å²) < 4.78 is 0.917. The van der Waals surface area contributed by atoms with Gasteiger partial charge in [0.2, 0.25) is 0 Å². The molecule has 0 heterocycles. The summed E-state index contributed by atoms with van der Waals surface area (Å²) in [7, 11) is 2.99. The van der Waals surface area contributed by atoms with Crippen LogP contribution in [0.4, 0.5) is 0 Å². The molecule has 0 radical (unpaired) electrons. The summed E-state index contributed by atoms with van der Waals surface area (Å²) in [6, 6.07) is 5.13. The maximum atomic E-state index is 11.6. The lowest BCUT2D eigenvalue weighted by molar-refractivity contribution is -0.0756. The number of rotatable bonds is 2. The minimum Gasteiger partial charge on any atom is -0.274 e. The van der Waals surface area contributed by atoms with Gasteiger partial charge in [0, 0.05) is 16.2 Å². The molecule has 0 unspecified atom stereocenters. The topological polar surface area (TPSA) is 29.5 Å². The van der Waals surface area contributed by atoms with Gasteiger partial charge in [-0.3, -0.25) is 9.63 Å².